The molecule has 0 spiro atoms. The number of hydrogen-bond donors (Lipinski definition) is 1. The van der Waals surface area contributed by atoms with Crippen molar-refractivity contribution < 1.29 is 4.74 Å². The van der Waals surface area contributed by atoms with E-state index in [0.717, 1.165) is 32.8 Å². The number of nitrogens with zero attached hydrogens (tertiary/aromatic N) is 1. The minimum absolute atomic E-state index is 0.570. The van der Waals surface area contributed by atoms with Gasteiger partial charge in [0.15, 0.2) is 0 Å². The lowest BCUT2D eigenvalue weighted by Crippen LogP contribution is -2.51. The maximum absolute atomic E-state index is 5.46. The molecular weight excluding hydrogens is 164 g/mol. The highest BCUT2D eigenvalue weighted by Gasteiger charge is 2.20. The number of nitrogens with one attached hydrogen (secondary N) is 1. The van der Waals surface area contributed by atoms with E-state index in [0.29, 0.717) is 12.1 Å². The molecule has 1 unspecified atom stereocenters. The Hall–Kier alpha value is -0.120. The zero-order chi connectivity index (χ0) is 9.68. The van der Waals surface area contributed by atoms with E-state index >= 15 is 0 Å². The Morgan fingerprint density at radius 1 is 1.54 bits per heavy atom. The van der Waals surface area contributed by atoms with Crippen molar-refractivity contribution in [2.75, 3.05) is 32.8 Å². The highest BCUT2D eigenvalue weighted by Crippen LogP contribution is 2.05. The second kappa shape index (κ2) is 5.58. The maximum Gasteiger partial charge on any atom is 0.0634 e. The normalized spacial score (nSPS) is 25.4. The van der Waals surface area contributed by atoms with Gasteiger partial charge < -0.3 is 10.1 Å². The maximum atomic E-state index is 5.46. The topological polar surface area (TPSA) is 24.5 Å². The highest BCUT2D eigenvalue weighted by atomic mass is 16.5. The predicted octanol–water partition coefficient (Wildman–Crippen LogP) is 0.705. The van der Waals surface area contributed by atoms with Gasteiger partial charge in [0.2, 0.25) is 0 Å². The van der Waals surface area contributed by atoms with Crippen LogP contribution in [0.25, 0.3) is 0 Å². The molecule has 3 nitrogen and oxygen atoms in total. The Labute approximate surface area is 81.4 Å². The molecule has 0 aromatic carbocycles. The summed E-state index contributed by atoms with van der Waals surface area (Å²) in [7, 11) is 0. The summed E-state index contributed by atoms with van der Waals surface area (Å²) in [5.74, 6) is 0. The van der Waals surface area contributed by atoms with Gasteiger partial charge in [-0.25, -0.2) is 0 Å². The number of ether oxygens (including phenoxy) is 1. The van der Waals surface area contributed by atoms with Gasteiger partial charge in [-0.2, -0.15) is 0 Å². The molecule has 1 fully saturated rings. The number of morpholine rings is 1. The summed E-state index contributed by atoms with van der Waals surface area (Å²) in [5, 5.41) is 3.46. The van der Waals surface area contributed by atoms with Crippen molar-refractivity contribution in [1.29, 1.82) is 0 Å². The molecule has 1 rings (SSSR count). The molecule has 78 valence electrons. The molecule has 1 N–H and O–H groups in total. The summed E-state index contributed by atoms with van der Waals surface area (Å²) in [6, 6.07) is 1.14. The van der Waals surface area contributed by atoms with E-state index in [9.17, 15) is 0 Å². The average Bonchev–Trinajstić information content (AvgIpc) is 2.15. The minimum atomic E-state index is 0.570. The molecule has 13 heavy (non-hydrogen) atoms. The summed E-state index contributed by atoms with van der Waals surface area (Å²) < 4.78 is 5.46. The smallest absolute Gasteiger partial charge is 0.0634 e. The van der Waals surface area contributed by atoms with Crippen LogP contribution < -0.4 is 5.32 Å². The molecule has 1 atom stereocenters. The Balaban J connectivity index is 2.27. The fraction of sp³-hybridized carbons (Fsp3) is 1.00. The fourth-order valence-corrected chi connectivity index (χ4v) is 1.67. The van der Waals surface area contributed by atoms with Crippen molar-refractivity contribution in [2.24, 2.45) is 0 Å². The summed E-state index contributed by atoms with van der Waals surface area (Å²) >= 11 is 0. The standard InChI is InChI=1S/C10H22N2O/c1-4-12-5-6-13-8-10(12)7-11-9(2)3/h9-11H,4-8H2,1-3H3. The molecule has 0 amide bonds. The van der Waals surface area contributed by atoms with Crippen molar-refractivity contribution in [3.8, 4) is 0 Å². The van der Waals surface area contributed by atoms with Crippen LogP contribution in [0.15, 0.2) is 0 Å². The largest absolute Gasteiger partial charge is 0.378 e. The highest BCUT2D eigenvalue weighted by molar-refractivity contribution is 4.76. The zero-order valence-corrected chi connectivity index (χ0v) is 9.05. The molecule has 0 bridgehead atoms. The van der Waals surface area contributed by atoms with Crippen molar-refractivity contribution in [3.63, 3.8) is 0 Å². The van der Waals surface area contributed by atoms with E-state index < -0.39 is 0 Å². The molecular formula is C10H22N2O. The monoisotopic (exact) mass is 186 g/mol. The fourth-order valence-electron chi connectivity index (χ4n) is 1.67. The molecule has 0 saturated carbocycles. The average molecular weight is 186 g/mol. The molecule has 0 radical (unpaired) electrons. The lowest BCUT2D eigenvalue weighted by atomic mass is 10.2. The van der Waals surface area contributed by atoms with E-state index in [1.807, 2.05) is 0 Å². The summed E-state index contributed by atoms with van der Waals surface area (Å²) in [5.41, 5.74) is 0. The lowest BCUT2D eigenvalue weighted by Gasteiger charge is -2.35. The number of likely N-dealkylation sites (N-methyl/N-ethyl adjacent to an activating group) is 1. The van der Waals surface area contributed by atoms with E-state index in [-0.39, 0.29) is 0 Å². The Morgan fingerprint density at radius 3 is 2.92 bits per heavy atom. The van der Waals surface area contributed by atoms with Crippen LogP contribution in [0.2, 0.25) is 0 Å². The van der Waals surface area contributed by atoms with Crippen LogP contribution in [0.4, 0.5) is 0 Å². The van der Waals surface area contributed by atoms with Gasteiger partial charge in [0.05, 0.1) is 13.2 Å². The molecule has 1 saturated heterocycles. The van der Waals surface area contributed by atoms with Gasteiger partial charge in [-0.15, -0.1) is 0 Å². The molecule has 1 aliphatic rings. The molecule has 0 aromatic rings. The van der Waals surface area contributed by atoms with Crippen LogP contribution in [0, 0.1) is 0 Å². The van der Waals surface area contributed by atoms with Crippen molar-refractivity contribution in [1.82, 2.24) is 10.2 Å². The Morgan fingerprint density at radius 2 is 2.31 bits per heavy atom. The zero-order valence-electron chi connectivity index (χ0n) is 9.05. The Bertz CT molecular complexity index is 139. The van der Waals surface area contributed by atoms with Crippen LogP contribution in [-0.2, 0) is 4.74 Å². The van der Waals surface area contributed by atoms with Gasteiger partial charge in [0, 0.05) is 25.2 Å². The third-order valence-corrected chi connectivity index (χ3v) is 2.52. The van der Waals surface area contributed by atoms with Crippen LogP contribution >= 0.6 is 0 Å². The minimum Gasteiger partial charge on any atom is -0.378 e. The van der Waals surface area contributed by atoms with Crippen molar-refractivity contribution in [3.05, 3.63) is 0 Å². The van der Waals surface area contributed by atoms with Crippen molar-refractivity contribution in [2.45, 2.75) is 32.9 Å². The van der Waals surface area contributed by atoms with Crippen LogP contribution in [-0.4, -0.2) is 49.8 Å². The van der Waals surface area contributed by atoms with Gasteiger partial charge in [-0.05, 0) is 6.54 Å². The predicted molar refractivity (Wildman–Crippen MR) is 55.0 cm³/mol. The van der Waals surface area contributed by atoms with Gasteiger partial charge in [-0.1, -0.05) is 20.8 Å². The summed E-state index contributed by atoms with van der Waals surface area (Å²) in [6.45, 7) is 11.6. The van der Waals surface area contributed by atoms with E-state index in [4.69, 9.17) is 4.74 Å². The first-order chi connectivity index (χ1) is 6.24. The first kappa shape index (κ1) is 11.0. The second-order valence-corrected chi connectivity index (χ2v) is 3.92. The van der Waals surface area contributed by atoms with Crippen LogP contribution in [0.3, 0.4) is 0 Å². The third-order valence-electron chi connectivity index (χ3n) is 2.52. The molecule has 1 aliphatic heterocycles. The number of rotatable bonds is 4. The SMILES string of the molecule is CCN1CCOCC1CNC(C)C. The third kappa shape index (κ3) is 3.63. The second-order valence-electron chi connectivity index (χ2n) is 3.92. The Kier molecular flexibility index (Phi) is 4.70. The molecule has 3 heteroatoms. The molecule has 1 heterocycles. The quantitative estimate of drug-likeness (QED) is 0.699. The van der Waals surface area contributed by atoms with Gasteiger partial charge >= 0.3 is 0 Å². The van der Waals surface area contributed by atoms with E-state index in [1.165, 1.54) is 0 Å². The lowest BCUT2D eigenvalue weighted by molar-refractivity contribution is -0.00467. The summed E-state index contributed by atoms with van der Waals surface area (Å²) in [4.78, 5) is 2.48. The summed E-state index contributed by atoms with van der Waals surface area (Å²) in [6.07, 6.45) is 0. The molecule has 0 aliphatic carbocycles. The van der Waals surface area contributed by atoms with Crippen molar-refractivity contribution >= 4 is 0 Å². The van der Waals surface area contributed by atoms with Gasteiger partial charge in [-0.3, -0.25) is 4.90 Å². The van der Waals surface area contributed by atoms with Crippen LogP contribution in [0.5, 0.6) is 0 Å². The van der Waals surface area contributed by atoms with Gasteiger partial charge in [0.1, 0.15) is 0 Å². The van der Waals surface area contributed by atoms with Gasteiger partial charge in [0.25, 0.3) is 0 Å². The van der Waals surface area contributed by atoms with E-state index in [1.54, 1.807) is 0 Å². The van der Waals surface area contributed by atoms with Crippen LogP contribution in [0.1, 0.15) is 20.8 Å². The first-order valence-corrected chi connectivity index (χ1v) is 5.29. The van der Waals surface area contributed by atoms with E-state index in [2.05, 4.69) is 31.0 Å². The number of hydrogen-bond acceptors (Lipinski definition) is 3. The molecule has 0 aromatic heterocycles. The first-order valence-electron chi connectivity index (χ1n) is 5.29.